The lowest BCUT2D eigenvalue weighted by atomic mass is 10.1. The van der Waals surface area contributed by atoms with Gasteiger partial charge in [-0.1, -0.05) is 13.0 Å². The molecule has 1 aliphatic rings. The zero-order valence-corrected chi connectivity index (χ0v) is 19.2. The van der Waals surface area contributed by atoms with E-state index in [1.54, 1.807) is 0 Å². The van der Waals surface area contributed by atoms with E-state index < -0.39 is 0 Å². The Morgan fingerprint density at radius 1 is 1.12 bits per heavy atom. The van der Waals surface area contributed by atoms with Crippen LogP contribution in [0.25, 0.3) is 22.2 Å². The van der Waals surface area contributed by atoms with E-state index in [4.69, 9.17) is 9.47 Å². The number of thiazole rings is 1. The van der Waals surface area contributed by atoms with E-state index in [1.807, 2.05) is 30.5 Å². The van der Waals surface area contributed by atoms with E-state index >= 15 is 0 Å². The fraction of sp³-hybridized carbons (Fsp3) is 0.280. The van der Waals surface area contributed by atoms with Gasteiger partial charge in [0.05, 0.1) is 5.69 Å². The molecule has 3 heterocycles. The molecule has 2 aromatic carbocycles. The molecular formula is C25H25N3O3S. The molecule has 0 atom stereocenters. The van der Waals surface area contributed by atoms with Crippen LogP contribution in [0.1, 0.15) is 35.5 Å². The zero-order chi connectivity index (χ0) is 22.2. The molecule has 5 rings (SSSR count). The Bertz CT molecular complexity index is 1320. The predicted octanol–water partition coefficient (Wildman–Crippen LogP) is 5.68. The first-order valence-corrected chi connectivity index (χ1v) is 11.8. The summed E-state index contributed by atoms with van der Waals surface area (Å²) in [4.78, 5) is 17.9. The Kier molecular flexibility index (Phi) is 5.35. The van der Waals surface area contributed by atoms with E-state index in [0.29, 0.717) is 24.0 Å². The highest BCUT2D eigenvalue weighted by Gasteiger charge is 2.21. The summed E-state index contributed by atoms with van der Waals surface area (Å²) in [7, 11) is 0. The second-order valence-corrected chi connectivity index (χ2v) is 8.63. The van der Waals surface area contributed by atoms with Crippen LogP contribution >= 0.6 is 11.3 Å². The van der Waals surface area contributed by atoms with Crippen molar-refractivity contribution in [1.82, 2.24) is 9.55 Å². The minimum Gasteiger partial charge on any atom is -0.486 e. The number of ether oxygens (including phenoxy) is 2. The lowest BCUT2D eigenvalue weighted by Crippen LogP contribution is -2.17. The van der Waals surface area contributed by atoms with Crippen molar-refractivity contribution in [3.05, 3.63) is 58.6 Å². The van der Waals surface area contributed by atoms with E-state index in [0.717, 1.165) is 52.2 Å². The average Bonchev–Trinajstić information content (AvgIpc) is 3.40. The smallest absolute Gasteiger partial charge is 0.274 e. The van der Waals surface area contributed by atoms with Crippen LogP contribution in [-0.4, -0.2) is 28.7 Å². The Morgan fingerprint density at radius 3 is 2.72 bits per heavy atom. The number of aryl methyl sites for hydroxylation is 3. The number of carbonyl (C=O) groups is 1. The number of anilines is 1. The van der Waals surface area contributed by atoms with Gasteiger partial charge in [0.1, 0.15) is 18.9 Å². The van der Waals surface area contributed by atoms with Crippen LogP contribution in [-0.2, 0) is 13.0 Å². The second kappa shape index (κ2) is 8.31. The van der Waals surface area contributed by atoms with Crippen molar-refractivity contribution >= 4 is 33.3 Å². The molecule has 1 aliphatic heterocycles. The quantitative estimate of drug-likeness (QED) is 0.428. The highest BCUT2D eigenvalue weighted by Crippen LogP contribution is 2.35. The summed E-state index contributed by atoms with van der Waals surface area (Å²) in [6.07, 6.45) is 0.968. The van der Waals surface area contributed by atoms with Gasteiger partial charge >= 0.3 is 0 Å². The molecule has 0 saturated carbocycles. The number of hydrogen-bond acceptors (Lipinski definition) is 5. The molecule has 0 radical (unpaired) electrons. The monoisotopic (exact) mass is 447 g/mol. The van der Waals surface area contributed by atoms with Gasteiger partial charge in [0, 0.05) is 28.4 Å². The van der Waals surface area contributed by atoms with Crippen molar-refractivity contribution in [3.8, 4) is 22.8 Å². The first-order valence-electron chi connectivity index (χ1n) is 10.9. The first-order chi connectivity index (χ1) is 15.6. The Balaban J connectivity index is 1.43. The molecule has 0 aliphatic carbocycles. The molecule has 1 amide bonds. The van der Waals surface area contributed by atoms with Gasteiger partial charge in [-0.3, -0.25) is 10.1 Å². The summed E-state index contributed by atoms with van der Waals surface area (Å²) >= 11 is 1.41. The van der Waals surface area contributed by atoms with Crippen LogP contribution in [0, 0.1) is 6.92 Å². The van der Waals surface area contributed by atoms with Gasteiger partial charge in [-0.25, -0.2) is 4.98 Å². The van der Waals surface area contributed by atoms with Gasteiger partial charge in [-0.2, -0.15) is 0 Å². The zero-order valence-electron chi connectivity index (χ0n) is 18.4. The van der Waals surface area contributed by atoms with Gasteiger partial charge in [0.15, 0.2) is 16.6 Å². The van der Waals surface area contributed by atoms with Crippen LogP contribution in [0.3, 0.4) is 0 Å². The van der Waals surface area contributed by atoms with Gasteiger partial charge in [-0.05, 0) is 61.7 Å². The third-order valence-electron chi connectivity index (χ3n) is 5.88. The van der Waals surface area contributed by atoms with Crippen molar-refractivity contribution in [1.29, 1.82) is 0 Å². The lowest BCUT2D eigenvalue weighted by Gasteiger charge is -2.18. The van der Waals surface area contributed by atoms with Crippen molar-refractivity contribution in [2.45, 2.75) is 33.7 Å². The first kappa shape index (κ1) is 20.6. The summed E-state index contributed by atoms with van der Waals surface area (Å²) < 4.78 is 13.3. The molecule has 6 nitrogen and oxygen atoms in total. The van der Waals surface area contributed by atoms with Crippen LogP contribution in [0.2, 0.25) is 0 Å². The van der Waals surface area contributed by atoms with Gasteiger partial charge < -0.3 is 14.0 Å². The van der Waals surface area contributed by atoms with Crippen molar-refractivity contribution in [2.24, 2.45) is 0 Å². The highest BCUT2D eigenvalue weighted by atomic mass is 32.1. The minimum atomic E-state index is -0.137. The molecule has 1 N–H and O–H groups in total. The van der Waals surface area contributed by atoms with E-state index in [-0.39, 0.29) is 5.91 Å². The Labute approximate surface area is 190 Å². The lowest BCUT2D eigenvalue weighted by molar-refractivity contribution is 0.101. The van der Waals surface area contributed by atoms with Gasteiger partial charge in [0.2, 0.25) is 0 Å². The van der Waals surface area contributed by atoms with E-state index in [2.05, 4.69) is 46.9 Å². The molecule has 0 spiro atoms. The number of nitrogens with zero attached hydrogens (tertiary/aromatic N) is 2. The van der Waals surface area contributed by atoms with Crippen molar-refractivity contribution in [3.63, 3.8) is 0 Å². The Morgan fingerprint density at radius 2 is 1.94 bits per heavy atom. The SMILES string of the molecule is CCc1ccc2c(c1)c(C)c(C(=O)Nc1nc(-c3ccc4c(c3)OCCO4)cs1)n2CC. The molecule has 7 heteroatoms. The maximum Gasteiger partial charge on any atom is 0.274 e. The minimum absolute atomic E-state index is 0.137. The molecule has 0 fully saturated rings. The number of nitrogens with one attached hydrogen (secondary N) is 1. The topological polar surface area (TPSA) is 65.4 Å². The predicted molar refractivity (Wildman–Crippen MR) is 128 cm³/mol. The number of aromatic nitrogens is 2. The van der Waals surface area contributed by atoms with Crippen LogP contribution < -0.4 is 14.8 Å². The maximum atomic E-state index is 13.3. The molecule has 4 aromatic rings. The molecule has 0 saturated heterocycles. The average molecular weight is 448 g/mol. The van der Waals surface area contributed by atoms with Crippen LogP contribution in [0.4, 0.5) is 5.13 Å². The number of hydrogen-bond donors (Lipinski definition) is 1. The normalized spacial score (nSPS) is 12.8. The second-order valence-electron chi connectivity index (χ2n) is 7.77. The molecule has 164 valence electrons. The van der Waals surface area contributed by atoms with E-state index in [1.165, 1.54) is 16.9 Å². The summed E-state index contributed by atoms with van der Waals surface area (Å²) in [5.41, 5.74) is 5.76. The number of amides is 1. The molecule has 2 aromatic heterocycles. The Hall–Kier alpha value is -3.32. The van der Waals surface area contributed by atoms with Gasteiger partial charge in [0.25, 0.3) is 5.91 Å². The number of carbonyl (C=O) groups excluding carboxylic acids is 1. The fourth-order valence-electron chi connectivity index (χ4n) is 4.23. The summed E-state index contributed by atoms with van der Waals surface area (Å²) in [6.45, 7) is 8.05. The molecular weight excluding hydrogens is 422 g/mol. The van der Waals surface area contributed by atoms with E-state index in [9.17, 15) is 4.79 Å². The van der Waals surface area contributed by atoms with Crippen LogP contribution in [0.15, 0.2) is 41.8 Å². The summed E-state index contributed by atoms with van der Waals surface area (Å²) in [5.74, 6) is 1.33. The van der Waals surface area contributed by atoms with Crippen molar-refractivity contribution in [2.75, 3.05) is 18.5 Å². The number of benzene rings is 2. The summed E-state index contributed by atoms with van der Waals surface area (Å²) in [6, 6.07) is 12.2. The third-order valence-corrected chi connectivity index (χ3v) is 6.64. The number of rotatable bonds is 5. The number of fused-ring (bicyclic) bond motifs is 2. The summed E-state index contributed by atoms with van der Waals surface area (Å²) in [5, 5.41) is 6.65. The van der Waals surface area contributed by atoms with Gasteiger partial charge in [-0.15, -0.1) is 11.3 Å². The standard InChI is InChI=1S/C25H25N3O3S/c1-4-16-6-8-20-18(12-16)15(3)23(28(20)5-2)24(29)27-25-26-19(14-32-25)17-7-9-21-22(13-17)31-11-10-30-21/h6-9,12-14H,4-5,10-11H2,1-3H3,(H,26,27,29). The maximum absolute atomic E-state index is 13.3. The molecule has 0 unspecified atom stereocenters. The third kappa shape index (κ3) is 3.52. The largest absolute Gasteiger partial charge is 0.486 e. The fourth-order valence-corrected chi connectivity index (χ4v) is 4.95. The van der Waals surface area contributed by atoms with Crippen LogP contribution in [0.5, 0.6) is 11.5 Å². The molecule has 32 heavy (non-hydrogen) atoms. The van der Waals surface area contributed by atoms with Crippen molar-refractivity contribution < 1.29 is 14.3 Å². The molecule has 0 bridgehead atoms. The highest BCUT2D eigenvalue weighted by molar-refractivity contribution is 7.14.